The van der Waals surface area contributed by atoms with E-state index in [0.29, 0.717) is 33.9 Å². The van der Waals surface area contributed by atoms with Gasteiger partial charge in [-0.15, -0.1) is 0 Å². The summed E-state index contributed by atoms with van der Waals surface area (Å²) in [4.78, 5) is 39.6. The van der Waals surface area contributed by atoms with Gasteiger partial charge in [0.25, 0.3) is 11.7 Å². The fourth-order valence-electron chi connectivity index (χ4n) is 4.59. The molecule has 1 aliphatic rings. The number of rotatable bonds is 5. The maximum Gasteiger partial charge on any atom is 0.308 e. The Hall–Kier alpha value is -4.90. The fraction of sp³-hybridized carbons (Fsp3) is 0.226. The van der Waals surface area contributed by atoms with Crippen LogP contribution in [0.25, 0.3) is 5.76 Å². The molecule has 1 saturated heterocycles. The zero-order valence-corrected chi connectivity index (χ0v) is 22.3. The van der Waals surface area contributed by atoms with Crippen molar-refractivity contribution in [2.75, 3.05) is 12.0 Å². The summed E-state index contributed by atoms with van der Waals surface area (Å²) in [5.41, 5.74) is 2.05. The highest BCUT2D eigenvalue weighted by atomic mass is 16.5. The Kier molecular flexibility index (Phi) is 7.28. The standard InChI is InChI=1S/C31H28N2O6/c1-18(34)39-23-13-8-20(9-14-23)27-26(28(35)21-10-15-25(38-5)24(16-21)31(2,3)4)29(36)30(37)33(27)22-11-6-19(17-32)7-12-22/h6-16,27,35H,1-5H3/b28-26-. The first-order chi connectivity index (χ1) is 18.5. The molecular weight excluding hydrogens is 496 g/mol. The molecule has 0 saturated carbocycles. The molecule has 1 unspecified atom stereocenters. The van der Waals surface area contributed by atoms with Crippen molar-refractivity contribution in [3.8, 4) is 17.6 Å². The molecule has 1 N–H and O–H groups in total. The van der Waals surface area contributed by atoms with Gasteiger partial charge in [-0.1, -0.05) is 32.9 Å². The molecule has 0 spiro atoms. The molecule has 1 heterocycles. The van der Waals surface area contributed by atoms with Crippen LogP contribution in [-0.2, 0) is 19.8 Å². The van der Waals surface area contributed by atoms with Gasteiger partial charge in [0.15, 0.2) is 0 Å². The smallest absolute Gasteiger partial charge is 0.308 e. The third-order valence-electron chi connectivity index (χ3n) is 6.46. The predicted octanol–water partition coefficient (Wildman–Crippen LogP) is 5.42. The topological polar surface area (TPSA) is 117 Å². The number of nitrogens with zero attached hydrogens (tertiary/aromatic N) is 2. The average molecular weight is 525 g/mol. The molecule has 0 aliphatic carbocycles. The highest BCUT2D eigenvalue weighted by Crippen LogP contribution is 2.43. The van der Waals surface area contributed by atoms with Crippen LogP contribution in [-0.4, -0.2) is 29.9 Å². The zero-order valence-electron chi connectivity index (χ0n) is 22.3. The van der Waals surface area contributed by atoms with Gasteiger partial charge in [-0.05, 0) is 65.6 Å². The van der Waals surface area contributed by atoms with Crippen LogP contribution in [0.3, 0.4) is 0 Å². The van der Waals surface area contributed by atoms with Crippen molar-refractivity contribution in [1.82, 2.24) is 0 Å². The Morgan fingerprint density at radius 1 is 1.00 bits per heavy atom. The number of carbonyl (C=O) groups is 3. The number of anilines is 1. The van der Waals surface area contributed by atoms with E-state index in [-0.39, 0.29) is 16.7 Å². The molecule has 8 nitrogen and oxygen atoms in total. The largest absolute Gasteiger partial charge is 0.507 e. The summed E-state index contributed by atoms with van der Waals surface area (Å²) in [7, 11) is 1.56. The van der Waals surface area contributed by atoms with E-state index in [1.807, 2.05) is 26.8 Å². The number of amides is 1. The van der Waals surface area contributed by atoms with Crippen LogP contribution in [0.4, 0.5) is 5.69 Å². The van der Waals surface area contributed by atoms with Gasteiger partial charge in [0.1, 0.15) is 17.3 Å². The number of esters is 1. The molecule has 1 aliphatic heterocycles. The molecule has 0 radical (unpaired) electrons. The lowest BCUT2D eigenvalue weighted by Crippen LogP contribution is -2.29. The summed E-state index contributed by atoms with van der Waals surface area (Å²) in [6, 6.07) is 18.8. The second-order valence-electron chi connectivity index (χ2n) is 10.2. The van der Waals surface area contributed by atoms with Gasteiger partial charge in [0, 0.05) is 23.7 Å². The average Bonchev–Trinajstić information content (AvgIpc) is 3.17. The Morgan fingerprint density at radius 3 is 2.18 bits per heavy atom. The summed E-state index contributed by atoms with van der Waals surface area (Å²) in [6.07, 6.45) is 0. The van der Waals surface area contributed by atoms with E-state index in [9.17, 15) is 24.8 Å². The first-order valence-electron chi connectivity index (χ1n) is 12.2. The summed E-state index contributed by atoms with van der Waals surface area (Å²) < 4.78 is 10.6. The molecule has 0 bridgehead atoms. The molecule has 3 aromatic rings. The number of nitriles is 1. The second kappa shape index (κ2) is 10.5. The van der Waals surface area contributed by atoms with E-state index >= 15 is 0 Å². The lowest BCUT2D eigenvalue weighted by atomic mass is 9.84. The quantitative estimate of drug-likeness (QED) is 0.156. The SMILES string of the molecule is COc1ccc(/C(O)=C2/C(=O)C(=O)N(c3ccc(C#N)cc3)C2c2ccc(OC(C)=O)cc2)cc1C(C)(C)C. The van der Waals surface area contributed by atoms with Gasteiger partial charge in [0.05, 0.1) is 30.4 Å². The Morgan fingerprint density at radius 2 is 1.64 bits per heavy atom. The summed E-state index contributed by atoms with van der Waals surface area (Å²) >= 11 is 0. The van der Waals surface area contributed by atoms with Crippen LogP contribution in [0.2, 0.25) is 0 Å². The van der Waals surface area contributed by atoms with E-state index in [4.69, 9.17) is 9.47 Å². The van der Waals surface area contributed by atoms with Gasteiger partial charge in [-0.25, -0.2) is 0 Å². The number of Topliss-reactive ketones (excluding diaryl/α,β-unsaturated/α-hetero) is 1. The van der Waals surface area contributed by atoms with Crippen molar-refractivity contribution in [2.24, 2.45) is 0 Å². The number of aliphatic hydroxyl groups excluding tert-OH is 1. The lowest BCUT2D eigenvalue weighted by Gasteiger charge is -2.26. The minimum Gasteiger partial charge on any atom is -0.507 e. The predicted molar refractivity (Wildman–Crippen MR) is 145 cm³/mol. The minimum absolute atomic E-state index is 0.0883. The van der Waals surface area contributed by atoms with Gasteiger partial charge in [-0.3, -0.25) is 19.3 Å². The third kappa shape index (κ3) is 5.25. The summed E-state index contributed by atoms with van der Waals surface area (Å²) in [6.45, 7) is 7.30. The van der Waals surface area contributed by atoms with Crippen LogP contribution >= 0.6 is 0 Å². The molecule has 0 aromatic heterocycles. The normalized spacial score (nSPS) is 16.6. The van der Waals surface area contributed by atoms with E-state index in [0.717, 1.165) is 5.56 Å². The Balaban J connectivity index is 1.93. The Bertz CT molecular complexity index is 1520. The number of hydrogen-bond acceptors (Lipinski definition) is 7. The lowest BCUT2D eigenvalue weighted by molar-refractivity contribution is -0.132. The van der Waals surface area contributed by atoms with Gasteiger partial charge >= 0.3 is 5.97 Å². The van der Waals surface area contributed by atoms with Crippen molar-refractivity contribution >= 4 is 29.1 Å². The van der Waals surface area contributed by atoms with Gasteiger partial charge in [0.2, 0.25) is 0 Å². The van der Waals surface area contributed by atoms with Gasteiger partial charge in [-0.2, -0.15) is 5.26 Å². The zero-order chi connectivity index (χ0) is 28.5. The molecule has 39 heavy (non-hydrogen) atoms. The van der Waals surface area contributed by atoms with Crippen LogP contribution in [0.15, 0.2) is 72.3 Å². The number of ketones is 1. The number of aliphatic hydroxyl groups is 1. The van der Waals surface area contributed by atoms with Crippen molar-refractivity contribution in [3.63, 3.8) is 0 Å². The van der Waals surface area contributed by atoms with E-state index < -0.39 is 23.7 Å². The van der Waals surface area contributed by atoms with Crippen LogP contribution in [0, 0.1) is 11.3 Å². The highest BCUT2D eigenvalue weighted by molar-refractivity contribution is 6.51. The molecule has 198 valence electrons. The first-order valence-corrected chi connectivity index (χ1v) is 12.2. The van der Waals surface area contributed by atoms with E-state index in [1.54, 1.807) is 73.8 Å². The molecule has 3 aromatic carbocycles. The monoisotopic (exact) mass is 524 g/mol. The highest BCUT2D eigenvalue weighted by Gasteiger charge is 2.47. The van der Waals surface area contributed by atoms with Crippen LogP contribution in [0.1, 0.15) is 56.0 Å². The van der Waals surface area contributed by atoms with Crippen LogP contribution < -0.4 is 14.4 Å². The minimum atomic E-state index is -0.982. The van der Waals surface area contributed by atoms with E-state index in [2.05, 4.69) is 0 Å². The molecule has 1 fully saturated rings. The Labute approximate surface area is 226 Å². The summed E-state index contributed by atoms with van der Waals surface area (Å²) in [5.74, 6) is -1.55. The number of hydrogen-bond donors (Lipinski definition) is 1. The summed E-state index contributed by atoms with van der Waals surface area (Å²) in [5, 5.41) is 20.7. The molecule has 8 heteroatoms. The second-order valence-corrected chi connectivity index (χ2v) is 10.2. The van der Waals surface area contributed by atoms with Crippen LogP contribution in [0.5, 0.6) is 11.5 Å². The third-order valence-corrected chi connectivity index (χ3v) is 6.46. The van der Waals surface area contributed by atoms with Crippen molar-refractivity contribution in [3.05, 3.63) is 94.6 Å². The maximum atomic E-state index is 13.5. The molecule has 4 rings (SSSR count). The maximum absolute atomic E-state index is 13.5. The van der Waals surface area contributed by atoms with Crippen molar-refractivity contribution < 1.29 is 29.0 Å². The molecule has 1 amide bonds. The first kappa shape index (κ1) is 27.1. The molecule has 1 atom stereocenters. The van der Waals surface area contributed by atoms with Crippen molar-refractivity contribution in [1.29, 1.82) is 5.26 Å². The van der Waals surface area contributed by atoms with E-state index in [1.165, 1.54) is 11.8 Å². The van der Waals surface area contributed by atoms with Crippen molar-refractivity contribution in [2.45, 2.75) is 39.2 Å². The number of ether oxygens (including phenoxy) is 2. The number of methoxy groups -OCH3 is 1. The number of benzene rings is 3. The van der Waals surface area contributed by atoms with Gasteiger partial charge < -0.3 is 14.6 Å². The molecular formula is C31H28N2O6. The fourth-order valence-corrected chi connectivity index (χ4v) is 4.59. The number of carbonyl (C=O) groups excluding carboxylic acids is 3.